The number of benzene rings is 2. The Morgan fingerprint density at radius 1 is 0.911 bits per heavy atom. The van der Waals surface area contributed by atoms with Gasteiger partial charge >= 0.3 is 6.03 Å². The SMILES string of the molecule is CCc1ccc(C)c(N2Cc3cnc(Nc4ccc(N5CCN(C)CC5)cc4)nc3N(C34CC5CC(CC(C5)C3)C4)C2=O)c1C. The number of anilines is 5. The minimum atomic E-state index is -0.167. The van der Waals surface area contributed by atoms with E-state index in [1.807, 2.05) is 11.1 Å². The van der Waals surface area contributed by atoms with Crippen LogP contribution in [-0.2, 0) is 13.0 Å². The highest BCUT2D eigenvalue weighted by molar-refractivity contribution is 6.07. The minimum Gasteiger partial charge on any atom is -0.369 e. The van der Waals surface area contributed by atoms with Gasteiger partial charge in [-0.25, -0.2) is 9.78 Å². The molecule has 3 heterocycles. The summed E-state index contributed by atoms with van der Waals surface area (Å²) in [6.45, 7) is 11.3. The van der Waals surface area contributed by atoms with Crippen molar-refractivity contribution in [3.05, 3.63) is 64.8 Å². The molecule has 4 saturated carbocycles. The molecule has 45 heavy (non-hydrogen) atoms. The number of nitrogens with one attached hydrogen (secondary N) is 1. The quantitative estimate of drug-likeness (QED) is 0.324. The first kappa shape index (κ1) is 28.8. The lowest BCUT2D eigenvalue weighted by molar-refractivity contribution is -0.000910. The first-order valence-corrected chi connectivity index (χ1v) is 17.2. The van der Waals surface area contributed by atoms with Crippen LogP contribution in [0, 0.1) is 31.6 Å². The predicted molar refractivity (Wildman–Crippen MR) is 182 cm³/mol. The first-order valence-electron chi connectivity index (χ1n) is 17.2. The molecule has 2 aliphatic heterocycles. The monoisotopic (exact) mass is 605 g/mol. The van der Waals surface area contributed by atoms with Crippen LogP contribution in [-0.4, -0.2) is 59.7 Å². The molecule has 3 aromatic rings. The second kappa shape index (κ2) is 11.0. The molecule has 1 aromatic heterocycles. The number of piperazine rings is 1. The molecule has 2 amide bonds. The summed E-state index contributed by atoms with van der Waals surface area (Å²) in [6.07, 6.45) is 10.2. The Kier molecular flexibility index (Phi) is 7.04. The number of carbonyl (C=O) groups is 1. The summed E-state index contributed by atoms with van der Waals surface area (Å²) in [5, 5.41) is 3.48. The number of carbonyl (C=O) groups excluding carboxylic acids is 1. The third kappa shape index (κ3) is 4.96. The van der Waals surface area contributed by atoms with Crippen molar-refractivity contribution in [2.45, 2.75) is 77.8 Å². The Morgan fingerprint density at radius 3 is 2.22 bits per heavy atom. The van der Waals surface area contributed by atoms with E-state index in [1.165, 1.54) is 36.1 Å². The van der Waals surface area contributed by atoms with Gasteiger partial charge in [-0.3, -0.25) is 9.80 Å². The lowest BCUT2D eigenvalue weighted by Gasteiger charge is -2.61. The van der Waals surface area contributed by atoms with Crippen molar-refractivity contribution in [3.63, 3.8) is 0 Å². The van der Waals surface area contributed by atoms with E-state index in [4.69, 9.17) is 9.97 Å². The van der Waals surface area contributed by atoms with Gasteiger partial charge in [0, 0.05) is 49.3 Å². The van der Waals surface area contributed by atoms with Crippen molar-refractivity contribution >= 4 is 34.9 Å². The average molecular weight is 606 g/mol. The Hall–Kier alpha value is -3.65. The van der Waals surface area contributed by atoms with E-state index in [2.05, 4.69) is 84.2 Å². The van der Waals surface area contributed by atoms with Crippen molar-refractivity contribution in [3.8, 4) is 0 Å². The number of rotatable bonds is 6. The Bertz CT molecular complexity index is 1570. The lowest BCUT2D eigenvalue weighted by Crippen LogP contribution is -2.65. The fourth-order valence-electron chi connectivity index (χ4n) is 9.78. The number of urea groups is 1. The number of likely N-dealkylation sites (N-methyl/N-ethyl adjacent to an activating group) is 1. The number of hydrogen-bond acceptors (Lipinski definition) is 6. The zero-order chi connectivity index (χ0) is 30.9. The summed E-state index contributed by atoms with van der Waals surface area (Å²) in [4.78, 5) is 34.0. The van der Waals surface area contributed by atoms with Crippen molar-refractivity contribution in [2.75, 3.05) is 53.2 Å². The van der Waals surface area contributed by atoms with Crippen LogP contribution in [0.5, 0.6) is 0 Å². The van der Waals surface area contributed by atoms with Gasteiger partial charge in [0.05, 0.1) is 17.8 Å². The number of aromatic nitrogens is 2. The largest absolute Gasteiger partial charge is 0.369 e. The molecule has 236 valence electrons. The molecule has 0 radical (unpaired) electrons. The van der Waals surface area contributed by atoms with Gasteiger partial charge in [-0.05, 0) is 125 Å². The molecule has 9 rings (SSSR count). The molecule has 0 atom stereocenters. The minimum absolute atomic E-state index is 0.0880. The lowest BCUT2D eigenvalue weighted by atomic mass is 9.52. The van der Waals surface area contributed by atoms with Gasteiger partial charge in [-0.2, -0.15) is 4.98 Å². The summed E-state index contributed by atoms with van der Waals surface area (Å²) < 4.78 is 0. The molecule has 8 nitrogen and oxygen atoms in total. The Balaban J connectivity index is 1.15. The maximum Gasteiger partial charge on any atom is 0.331 e. The smallest absolute Gasteiger partial charge is 0.331 e. The van der Waals surface area contributed by atoms with Gasteiger partial charge in [0.15, 0.2) is 0 Å². The Morgan fingerprint density at radius 2 is 1.58 bits per heavy atom. The van der Waals surface area contributed by atoms with E-state index in [9.17, 15) is 4.79 Å². The molecule has 2 aromatic carbocycles. The molecule has 8 heteroatoms. The van der Waals surface area contributed by atoms with E-state index in [1.54, 1.807) is 0 Å². The van der Waals surface area contributed by atoms with Crippen LogP contribution in [0.3, 0.4) is 0 Å². The fourth-order valence-corrected chi connectivity index (χ4v) is 9.78. The number of amides is 2. The maximum absolute atomic E-state index is 14.9. The number of nitrogens with zero attached hydrogens (tertiary/aromatic N) is 6. The van der Waals surface area contributed by atoms with Crippen molar-refractivity contribution < 1.29 is 4.79 Å². The van der Waals surface area contributed by atoms with Crippen LogP contribution in [0.1, 0.15) is 67.7 Å². The van der Waals surface area contributed by atoms with Gasteiger partial charge in [-0.15, -0.1) is 0 Å². The third-order valence-electron chi connectivity index (χ3n) is 11.7. The Labute approximate surface area is 267 Å². The van der Waals surface area contributed by atoms with Gasteiger partial charge in [0.1, 0.15) is 5.82 Å². The van der Waals surface area contributed by atoms with E-state index in [0.717, 1.165) is 80.2 Å². The molecular weight excluding hydrogens is 558 g/mol. The van der Waals surface area contributed by atoms with Crippen LogP contribution in [0.4, 0.5) is 33.6 Å². The summed E-state index contributed by atoms with van der Waals surface area (Å²) in [5.74, 6) is 3.51. The molecular formula is C37H47N7O. The molecule has 4 bridgehead atoms. The van der Waals surface area contributed by atoms with Crippen LogP contribution in [0.2, 0.25) is 0 Å². The number of fused-ring (bicyclic) bond motifs is 1. The average Bonchev–Trinajstić information content (AvgIpc) is 3.01. The number of hydrogen-bond donors (Lipinski definition) is 1. The van der Waals surface area contributed by atoms with Gasteiger partial charge in [-0.1, -0.05) is 19.1 Å². The second-order valence-corrected chi connectivity index (χ2v) is 14.7. The molecule has 4 aliphatic carbocycles. The van der Waals surface area contributed by atoms with Gasteiger partial charge in [0.25, 0.3) is 0 Å². The first-order chi connectivity index (χ1) is 21.8. The van der Waals surface area contributed by atoms with Crippen LogP contribution in [0.15, 0.2) is 42.6 Å². The summed E-state index contributed by atoms with van der Waals surface area (Å²) in [5.41, 5.74) is 7.77. The van der Waals surface area contributed by atoms with Crippen LogP contribution >= 0.6 is 0 Å². The van der Waals surface area contributed by atoms with Crippen molar-refractivity contribution in [1.82, 2.24) is 14.9 Å². The van der Waals surface area contributed by atoms with Gasteiger partial charge < -0.3 is 15.1 Å². The van der Waals surface area contributed by atoms with Crippen molar-refractivity contribution in [1.29, 1.82) is 0 Å². The molecule has 5 fully saturated rings. The summed E-state index contributed by atoms with van der Waals surface area (Å²) >= 11 is 0. The summed E-state index contributed by atoms with van der Waals surface area (Å²) in [7, 11) is 2.18. The zero-order valence-electron chi connectivity index (χ0n) is 27.4. The molecule has 6 aliphatic rings. The standard InChI is InChI=1S/C37H47N7O/c1-5-29-7-6-24(2)33(25(29)3)43-23-30-22-38-35(39-31-8-10-32(11-9-31)42-14-12-41(4)13-15-42)40-34(30)44(36(43)45)37-19-26-16-27(20-37)18-28(17-26)21-37/h6-11,22,26-28H,5,12-21,23H2,1-4H3,(H,38,39,40). The molecule has 1 saturated heterocycles. The highest BCUT2D eigenvalue weighted by Crippen LogP contribution is 2.59. The van der Waals surface area contributed by atoms with E-state index in [0.29, 0.717) is 30.2 Å². The third-order valence-corrected chi connectivity index (χ3v) is 11.7. The van der Waals surface area contributed by atoms with E-state index in [-0.39, 0.29) is 11.6 Å². The van der Waals surface area contributed by atoms with E-state index < -0.39 is 0 Å². The second-order valence-electron chi connectivity index (χ2n) is 14.7. The number of aryl methyl sites for hydroxylation is 2. The topological polar surface area (TPSA) is 67.8 Å². The zero-order valence-corrected chi connectivity index (χ0v) is 27.4. The fraction of sp³-hybridized carbons (Fsp3) is 0.541. The normalized spacial score (nSPS) is 27.7. The van der Waals surface area contributed by atoms with E-state index >= 15 is 0 Å². The highest BCUT2D eigenvalue weighted by atomic mass is 16.2. The van der Waals surface area contributed by atoms with Crippen LogP contribution in [0.25, 0.3) is 0 Å². The maximum atomic E-state index is 14.9. The summed E-state index contributed by atoms with van der Waals surface area (Å²) in [6, 6.07) is 13.1. The molecule has 0 unspecified atom stereocenters. The molecule has 1 N–H and O–H groups in total. The van der Waals surface area contributed by atoms with Crippen molar-refractivity contribution in [2.24, 2.45) is 17.8 Å². The molecule has 0 spiro atoms. The van der Waals surface area contributed by atoms with Gasteiger partial charge in [0.2, 0.25) is 5.95 Å². The van der Waals surface area contributed by atoms with Crippen LogP contribution < -0.4 is 20.0 Å². The predicted octanol–water partition coefficient (Wildman–Crippen LogP) is 7.07. The highest BCUT2D eigenvalue weighted by Gasteiger charge is 2.57.